The Morgan fingerprint density at radius 3 is 1.90 bits per heavy atom. The van der Waals surface area contributed by atoms with E-state index in [1.54, 1.807) is 0 Å². The molecule has 0 spiro atoms. The van der Waals surface area contributed by atoms with E-state index in [2.05, 4.69) is 23.8 Å². The molecule has 21 heavy (non-hydrogen) atoms. The molecule has 0 aliphatic heterocycles. The molecular formula is C19H36N2. The lowest BCUT2D eigenvalue weighted by atomic mass is 9.90. The normalized spacial score (nSPS) is 13.1. The van der Waals surface area contributed by atoms with Crippen molar-refractivity contribution >= 4 is 11.9 Å². The molecule has 0 aromatic carbocycles. The third-order valence-electron chi connectivity index (χ3n) is 3.93. The fourth-order valence-electron chi connectivity index (χ4n) is 2.63. The topological polar surface area (TPSA) is 24.7 Å². The van der Waals surface area contributed by atoms with Crippen LogP contribution < -0.4 is 0 Å². The highest BCUT2D eigenvalue weighted by molar-refractivity contribution is 6.31. The van der Waals surface area contributed by atoms with Crippen LogP contribution in [-0.4, -0.2) is 19.0 Å². The third kappa shape index (κ3) is 11.4. The fourth-order valence-corrected chi connectivity index (χ4v) is 2.63. The van der Waals surface area contributed by atoms with Crippen LogP contribution in [0.2, 0.25) is 0 Å². The lowest BCUT2D eigenvalue weighted by molar-refractivity contribution is 0.496. The van der Waals surface area contributed by atoms with E-state index >= 15 is 0 Å². The Morgan fingerprint density at radius 2 is 1.48 bits per heavy atom. The summed E-state index contributed by atoms with van der Waals surface area (Å²) in [7, 11) is 1.90. The molecule has 0 aromatic rings. The Morgan fingerprint density at radius 1 is 0.905 bits per heavy atom. The average molecular weight is 293 g/mol. The van der Waals surface area contributed by atoms with Crippen LogP contribution >= 0.6 is 0 Å². The Bertz CT molecular complexity index is 291. The zero-order valence-electron chi connectivity index (χ0n) is 14.8. The predicted molar refractivity (Wildman–Crippen MR) is 97.7 cm³/mol. The minimum Gasteiger partial charge on any atom is -0.291 e. The summed E-state index contributed by atoms with van der Waals surface area (Å²) in [6.45, 7) is 6.53. The Labute approximate surface area is 132 Å². The summed E-state index contributed by atoms with van der Waals surface area (Å²) in [5.41, 5.74) is 1.18. The number of unbranched alkanes of at least 4 members (excludes halogenated alkanes) is 6. The van der Waals surface area contributed by atoms with E-state index < -0.39 is 0 Å². The minimum absolute atomic E-state index is 0.595. The fraction of sp³-hybridized carbons (Fsp3) is 0.789. The van der Waals surface area contributed by atoms with Crippen molar-refractivity contribution in [2.45, 2.75) is 85.0 Å². The maximum absolute atomic E-state index is 4.49. The van der Waals surface area contributed by atoms with Gasteiger partial charge in [-0.2, -0.15) is 0 Å². The second-order valence-corrected chi connectivity index (χ2v) is 5.80. The van der Waals surface area contributed by atoms with E-state index in [4.69, 9.17) is 0 Å². The van der Waals surface area contributed by atoms with Gasteiger partial charge in [-0.25, -0.2) is 0 Å². The van der Waals surface area contributed by atoms with Crippen LogP contribution in [-0.2, 0) is 0 Å². The second-order valence-electron chi connectivity index (χ2n) is 5.80. The monoisotopic (exact) mass is 292 g/mol. The smallest absolute Gasteiger partial charge is 0.0558 e. The van der Waals surface area contributed by atoms with Gasteiger partial charge in [-0.15, -0.1) is 0 Å². The van der Waals surface area contributed by atoms with Gasteiger partial charge in [0, 0.05) is 25.4 Å². The van der Waals surface area contributed by atoms with Gasteiger partial charge in [0.15, 0.2) is 0 Å². The van der Waals surface area contributed by atoms with Gasteiger partial charge in [0.05, 0.1) is 5.71 Å². The highest BCUT2D eigenvalue weighted by Gasteiger charge is 2.13. The summed E-state index contributed by atoms with van der Waals surface area (Å²) in [6, 6.07) is 0. The summed E-state index contributed by atoms with van der Waals surface area (Å²) < 4.78 is 0. The molecule has 0 amide bonds. The lowest BCUT2D eigenvalue weighted by Gasteiger charge is -2.16. The Kier molecular flexibility index (Phi) is 14.8. The van der Waals surface area contributed by atoms with Crippen LogP contribution in [0, 0.1) is 5.92 Å². The highest BCUT2D eigenvalue weighted by atomic mass is 14.7. The van der Waals surface area contributed by atoms with Crippen molar-refractivity contribution in [2.24, 2.45) is 15.9 Å². The minimum atomic E-state index is 0.595. The Balaban J connectivity index is 4.43. The molecule has 0 fully saturated rings. The van der Waals surface area contributed by atoms with E-state index in [0.29, 0.717) is 5.92 Å². The quantitative estimate of drug-likeness (QED) is 0.284. The number of hydrogen-bond acceptors (Lipinski definition) is 2. The largest absolute Gasteiger partial charge is 0.291 e. The van der Waals surface area contributed by atoms with Gasteiger partial charge in [0.2, 0.25) is 0 Å². The van der Waals surface area contributed by atoms with E-state index in [1.165, 1.54) is 69.9 Å². The highest BCUT2D eigenvalue weighted by Crippen LogP contribution is 2.19. The van der Waals surface area contributed by atoms with Crippen LogP contribution in [0.5, 0.6) is 0 Å². The van der Waals surface area contributed by atoms with Gasteiger partial charge in [0.1, 0.15) is 0 Å². The third-order valence-corrected chi connectivity index (χ3v) is 3.93. The molecule has 0 N–H and O–H groups in total. The molecule has 0 unspecified atom stereocenters. The van der Waals surface area contributed by atoms with E-state index in [-0.39, 0.29) is 0 Å². The van der Waals surface area contributed by atoms with Gasteiger partial charge < -0.3 is 0 Å². The number of nitrogens with zero attached hydrogens (tertiary/aromatic N) is 2. The van der Waals surface area contributed by atoms with E-state index in [9.17, 15) is 0 Å². The van der Waals surface area contributed by atoms with Gasteiger partial charge in [0.25, 0.3) is 0 Å². The van der Waals surface area contributed by atoms with Gasteiger partial charge in [-0.3, -0.25) is 9.98 Å². The first-order valence-electron chi connectivity index (χ1n) is 8.91. The molecule has 0 bridgehead atoms. The molecule has 0 heterocycles. The van der Waals surface area contributed by atoms with Crippen LogP contribution in [0.15, 0.2) is 22.3 Å². The first-order chi connectivity index (χ1) is 10.3. The van der Waals surface area contributed by atoms with Crippen molar-refractivity contribution < 1.29 is 0 Å². The number of rotatable bonds is 13. The van der Waals surface area contributed by atoms with Gasteiger partial charge >= 0.3 is 0 Å². The molecule has 0 aliphatic rings. The van der Waals surface area contributed by atoms with Crippen molar-refractivity contribution in [3.8, 4) is 0 Å². The molecule has 0 atom stereocenters. The number of hydrogen-bond donors (Lipinski definition) is 0. The van der Waals surface area contributed by atoms with Crippen molar-refractivity contribution in [2.75, 3.05) is 7.05 Å². The summed E-state index contributed by atoms with van der Waals surface area (Å²) >= 11 is 0. The number of allylic oxidation sites excluding steroid dienone is 1. The lowest BCUT2D eigenvalue weighted by Crippen LogP contribution is -2.16. The summed E-state index contributed by atoms with van der Waals surface area (Å²) in [5.74, 6) is 0.595. The summed E-state index contributed by atoms with van der Waals surface area (Å²) in [6.07, 6.45) is 19.0. The Hall–Kier alpha value is -0.920. The van der Waals surface area contributed by atoms with Crippen LogP contribution in [0.4, 0.5) is 0 Å². The van der Waals surface area contributed by atoms with Crippen molar-refractivity contribution in [3.05, 3.63) is 12.3 Å². The second kappa shape index (κ2) is 15.5. The molecule has 0 radical (unpaired) electrons. The zero-order chi connectivity index (χ0) is 15.8. The van der Waals surface area contributed by atoms with Crippen molar-refractivity contribution in [3.63, 3.8) is 0 Å². The first kappa shape index (κ1) is 20.1. The van der Waals surface area contributed by atoms with E-state index in [1.807, 2.05) is 32.5 Å². The maximum Gasteiger partial charge on any atom is 0.0558 e. The number of aliphatic imine (C=N–C) groups is 2. The molecule has 0 aromatic heterocycles. The molecule has 2 heteroatoms. The van der Waals surface area contributed by atoms with Crippen LogP contribution in [0.3, 0.4) is 0 Å². The van der Waals surface area contributed by atoms with Gasteiger partial charge in [-0.05, 0) is 19.8 Å². The molecular weight excluding hydrogens is 256 g/mol. The molecule has 0 saturated heterocycles. The molecule has 2 nitrogen and oxygen atoms in total. The van der Waals surface area contributed by atoms with Gasteiger partial charge in [-0.1, -0.05) is 71.3 Å². The molecule has 0 rings (SSSR count). The summed E-state index contributed by atoms with van der Waals surface area (Å²) in [5, 5.41) is 0. The summed E-state index contributed by atoms with van der Waals surface area (Å²) in [4.78, 5) is 8.83. The predicted octanol–water partition coefficient (Wildman–Crippen LogP) is 6.22. The maximum atomic E-state index is 4.49. The van der Waals surface area contributed by atoms with Crippen molar-refractivity contribution in [1.29, 1.82) is 0 Å². The average Bonchev–Trinajstić information content (AvgIpc) is 2.50. The SMILES string of the molecule is C\C=C/N=C\C(=N/C)C(CCCCCC)CCCCCC. The van der Waals surface area contributed by atoms with Crippen LogP contribution in [0.1, 0.15) is 85.0 Å². The van der Waals surface area contributed by atoms with Crippen molar-refractivity contribution in [1.82, 2.24) is 0 Å². The molecule has 122 valence electrons. The van der Waals surface area contributed by atoms with Crippen LogP contribution in [0.25, 0.3) is 0 Å². The van der Waals surface area contributed by atoms with E-state index in [0.717, 1.165) is 0 Å². The molecule has 0 aliphatic carbocycles. The molecule has 0 saturated carbocycles. The standard InChI is InChI=1S/C19H36N2/c1-5-8-10-12-14-18(15-13-11-9-6-2)19(20-4)17-21-16-7-3/h7,16-18H,5-6,8-15H2,1-4H3/b16-7-,20-19+,21-17-. The first-order valence-corrected chi connectivity index (χ1v) is 8.91. The zero-order valence-corrected chi connectivity index (χ0v) is 14.8.